The van der Waals surface area contributed by atoms with E-state index < -0.39 is 14.6 Å². The van der Waals surface area contributed by atoms with Gasteiger partial charge >= 0.3 is 14.5 Å². The van der Waals surface area contributed by atoms with Crippen molar-refractivity contribution in [3.63, 3.8) is 0 Å². The highest BCUT2D eigenvalue weighted by molar-refractivity contribution is 7.45. The average Bonchev–Trinajstić information content (AvgIpc) is 3.51. The Labute approximate surface area is 225 Å². The van der Waals surface area contributed by atoms with Crippen LogP contribution >= 0.6 is 20.1 Å². The van der Waals surface area contributed by atoms with Gasteiger partial charge in [-0.25, -0.2) is 20.0 Å². The molecule has 5 rings (SSSR count). The normalized spacial score (nSPS) is 19.0. The molecule has 0 amide bonds. The van der Waals surface area contributed by atoms with Crippen molar-refractivity contribution in [3.8, 4) is 5.75 Å². The Kier molecular flexibility index (Phi) is 8.21. The number of benzene rings is 2. The first kappa shape index (κ1) is 26.5. The largest absolute Gasteiger partial charge is 0.465 e. The molecule has 4 aromatic rings. The Morgan fingerprint density at radius 2 is 2.08 bits per heavy atom. The number of halogens is 1. The predicted molar refractivity (Wildman–Crippen MR) is 145 cm³/mol. The van der Waals surface area contributed by atoms with E-state index in [1.807, 2.05) is 42.5 Å². The number of aromatic nitrogens is 4. The molecule has 3 N–H and O–H groups in total. The van der Waals surface area contributed by atoms with Crippen LogP contribution in [0.4, 0.5) is 5.82 Å². The van der Waals surface area contributed by atoms with Gasteiger partial charge in [-0.1, -0.05) is 36.4 Å². The van der Waals surface area contributed by atoms with Crippen molar-refractivity contribution in [2.75, 3.05) is 18.9 Å². The lowest BCUT2D eigenvalue weighted by atomic mass is 10.1. The van der Waals surface area contributed by atoms with Gasteiger partial charge in [0, 0.05) is 5.39 Å². The minimum atomic E-state index is -1.72. The van der Waals surface area contributed by atoms with Gasteiger partial charge in [0.05, 0.1) is 19.3 Å². The second-order valence-electron chi connectivity index (χ2n) is 8.70. The molecule has 2 aromatic carbocycles. The maximum atomic E-state index is 12.3. The molecule has 3 heterocycles. The van der Waals surface area contributed by atoms with Gasteiger partial charge in [-0.15, -0.1) is 0 Å². The number of rotatable bonds is 10. The van der Waals surface area contributed by atoms with E-state index in [-0.39, 0.29) is 42.6 Å². The lowest BCUT2D eigenvalue weighted by molar-refractivity contribution is -0.144. The summed E-state index contributed by atoms with van der Waals surface area (Å²) in [5, 5.41) is 5.34. The second kappa shape index (κ2) is 11.8. The number of carbonyl (C=O) groups excluding carboxylic acids is 1. The standard InChI is InChI=1S/C25H28ClN6O5P/c1-3-34-24(33)15(2)31-38(37-19-10-6-8-16-7-4-5-9-18(16)19)35-13-17-11-12-20(36-17)32-23-21(30-25(32)26)22(27)28-14-29-23/h4-10,14-15,17,20,31H,3,11-13H2,1-2H3,(H2,27,28,29). The first-order valence-electron chi connectivity index (χ1n) is 12.3. The van der Waals surface area contributed by atoms with Gasteiger partial charge in [0.25, 0.3) is 0 Å². The second-order valence-corrected chi connectivity index (χ2v) is 10.2. The molecule has 11 nitrogen and oxygen atoms in total. The molecule has 38 heavy (non-hydrogen) atoms. The summed E-state index contributed by atoms with van der Waals surface area (Å²) in [6.07, 6.45) is 2.14. The lowest BCUT2D eigenvalue weighted by Crippen LogP contribution is -2.34. The fourth-order valence-electron chi connectivity index (χ4n) is 4.24. The quantitative estimate of drug-likeness (QED) is 0.159. The van der Waals surface area contributed by atoms with Crippen LogP contribution in [0.2, 0.25) is 5.28 Å². The molecule has 0 saturated carbocycles. The third kappa shape index (κ3) is 5.67. The van der Waals surface area contributed by atoms with Crippen LogP contribution in [-0.4, -0.2) is 50.8 Å². The van der Waals surface area contributed by atoms with Gasteiger partial charge in [-0.3, -0.25) is 9.36 Å². The maximum Gasteiger partial charge on any atom is 0.323 e. The Balaban J connectivity index is 1.29. The van der Waals surface area contributed by atoms with E-state index in [0.717, 1.165) is 10.8 Å². The van der Waals surface area contributed by atoms with E-state index >= 15 is 0 Å². The summed E-state index contributed by atoms with van der Waals surface area (Å²) in [7, 11) is -1.72. The van der Waals surface area contributed by atoms with Crippen LogP contribution < -0.4 is 15.3 Å². The molecule has 200 valence electrons. The number of esters is 1. The van der Waals surface area contributed by atoms with Crippen LogP contribution in [0.15, 0.2) is 48.8 Å². The number of imidazole rings is 1. The number of ether oxygens (including phenoxy) is 2. The molecular weight excluding hydrogens is 531 g/mol. The summed E-state index contributed by atoms with van der Waals surface area (Å²) in [6, 6.07) is 13.1. The van der Waals surface area contributed by atoms with E-state index in [4.69, 9.17) is 35.9 Å². The van der Waals surface area contributed by atoms with Crippen molar-refractivity contribution in [3.05, 3.63) is 54.1 Å². The maximum absolute atomic E-state index is 12.3. The van der Waals surface area contributed by atoms with Gasteiger partial charge in [-0.2, -0.15) is 0 Å². The van der Waals surface area contributed by atoms with Gasteiger partial charge < -0.3 is 24.3 Å². The third-order valence-electron chi connectivity index (χ3n) is 6.08. The number of nitrogens with zero attached hydrogens (tertiary/aromatic N) is 4. The summed E-state index contributed by atoms with van der Waals surface area (Å²) in [6.45, 7) is 4.00. The molecule has 1 aliphatic heterocycles. The van der Waals surface area contributed by atoms with Crippen LogP contribution in [0, 0.1) is 0 Å². The number of hydrogen-bond donors (Lipinski definition) is 2. The summed E-state index contributed by atoms with van der Waals surface area (Å²) in [5.74, 6) is 0.522. The van der Waals surface area contributed by atoms with Crippen molar-refractivity contribution in [1.29, 1.82) is 0 Å². The summed E-state index contributed by atoms with van der Waals surface area (Å²) < 4.78 is 25.6. The van der Waals surface area contributed by atoms with E-state index in [1.165, 1.54) is 6.33 Å². The molecule has 2 aromatic heterocycles. The van der Waals surface area contributed by atoms with Crippen molar-refractivity contribution in [2.24, 2.45) is 0 Å². The first-order chi connectivity index (χ1) is 18.4. The average molecular weight is 559 g/mol. The number of nitrogens with two attached hydrogens (primary N) is 1. The lowest BCUT2D eigenvalue weighted by Gasteiger charge is -2.24. The van der Waals surface area contributed by atoms with Gasteiger partial charge in [0.15, 0.2) is 17.0 Å². The Bertz CT molecular complexity index is 1430. The minimum absolute atomic E-state index is 0.227. The number of carbonyl (C=O) groups is 1. The molecule has 1 aliphatic rings. The first-order valence-corrected chi connectivity index (χ1v) is 13.8. The zero-order chi connectivity index (χ0) is 26.6. The number of nitrogens with one attached hydrogen (secondary N) is 1. The summed E-state index contributed by atoms with van der Waals surface area (Å²) in [5.41, 5.74) is 6.87. The van der Waals surface area contributed by atoms with Gasteiger partial charge in [-0.05, 0) is 49.7 Å². The van der Waals surface area contributed by atoms with Crippen LogP contribution in [0.3, 0.4) is 0 Å². The number of anilines is 1. The minimum Gasteiger partial charge on any atom is -0.465 e. The Hall–Kier alpha value is -3.08. The molecule has 0 aliphatic carbocycles. The zero-order valence-electron chi connectivity index (χ0n) is 20.9. The van der Waals surface area contributed by atoms with Crippen molar-refractivity contribution in [2.45, 2.75) is 45.1 Å². The molecule has 4 unspecified atom stereocenters. The zero-order valence-corrected chi connectivity index (χ0v) is 22.6. The van der Waals surface area contributed by atoms with Gasteiger partial charge in [0.1, 0.15) is 24.3 Å². The van der Waals surface area contributed by atoms with Gasteiger partial charge in [0.2, 0.25) is 5.28 Å². The highest BCUT2D eigenvalue weighted by Gasteiger charge is 2.32. The smallest absolute Gasteiger partial charge is 0.323 e. The van der Waals surface area contributed by atoms with Crippen molar-refractivity contribution in [1.82, 2.24) is 24.6 Å². The monoisotopic (exact) mass is 558 g/mol. The fourth-order valence-corrected chi connectivity index (χ4v) is 5.75. The third-order valence-corrected chi connectivity index (χ3v) is 7.69. The predicted octanol–water partition coefficient (Wildman–Crippen LogP) is 4.76. The number of nitrogen functional groups attached to an aromatic ring is 1. The van der Waals surface area contributed by atoms with E-state index in [1.54, 1.807) is 18.4 Å². The molecule has 1 fully saturated rings. The van der Waals surface area contributed by atoms with Crippen molar-refractivity contribution >= 4 is 53.9 Å². The fraction of sp³-hybridized carbons (Fsp3) is 0.360. The SMILES string of the molecule is CCOC(=O)C(C)NP(OCC1CCC(n2c(Cl)nc3c(N)ncnc32)O1)Oc1cccc2ccccc12. The molecule has 0 spiro atoms. The Morgan fingerprint density at radius 3 is 2.92 bits per heavy atom. The summed E-state index contributed by atoms with van der Waals surface area (Å²) >= 11 is 6.39. The van der Waals surface area contributed by atoms with E-state index in [0.29, 0.717) is 29.8 Å². The van der Waals surface area contributed by atoms with E-state index in [9.17, 15) is 4.79 Å². The number of hydrogen-bond acceptors (Lipinski definition) is 10. The topological polar surface area (TPSA) is 136 Å². The van der Waals surface area contributed by atoms with Crippen LogP contribution in [0.5, 0.6) is 5.75 Å². The molecular formula is C25H28ClN6O5P. The number of fused-ring (bicyclic) bond motifs is 2. The van der Waals surface area contributed by atoms with Crippen LogP contribution in [0.25, 0.3) is 21.9 Å². The van der Waals surface area contributed by atoms with E-state index in [2.05, 4.69) is 20.0 Å². The molecule has 0 bridgehead atoms. The molecule has 13 heteroatoms. The highest BCUT2D eigenvalue weighted by Crippen LogP contribution is 2.41. The molecule has 4 atom stereocenters. The van der Waals surface area contributed by atoms with Crippen LogP contribution in [0.1, 0.15) is 32.9 Å². The van der Waals surface area contributed by atoms with Crippen molar-refractivity contribution < 1.29 is 23.3 Å². The highest BCUT2D eigenvalue weighted by atomic mass is 35.5. The summed E-state index contributed by atoms with van der Waals surface area (Å²) in [4.78, 5) is 24.8. The Morgan fingerprint density at radius 1 is 1.26 bits per heavy atom. The molecule has 1 saturated heterocycles. The molecule has 0 radical (unpaired) electrons. The van der Waals surface area contributed by atoms with Crippen LogP contribution in [-0.2, 0) is 18.8 Å².